The molecule has 0 aromatic rings. The predicted molar refractivity (Wildman–Crippen MR) is 51.8 cm³/mol. The first-order valence-electron chi connectivity index (χ1n) is 3.82. The summed E-state index contributed by atoms with van der Waals surface area (Å²) < 4.78 is 0. The molecule has 0 saturated heterocycles. The number of nitrogens with zero attached hydrogens (tertiary/aromatic N) is 1. The van der Waals surface area contributed by atoms with Crippen molar-refractivity contribution in [2.45, 2.75) is 20.8 Å². The third kappa shape index (κ3) is 4.49. The number of carbonyl (C=O) groups excluding carboxylic acids is 1. The van der Waals surface area contributed by atoms with Gasteiger partial charge in [-0.3, -0.25) is 9.79 Å². The quantitative estimate of drug-likeness (QED) is 0.359. The van der Waals surface area contributed by atoms with Crippen LogP contribution in [0, 0.1) is 0 Å². The molecule has 1 amide bonds. The summed E-state index contributed by atoms with van der Waals surface area (Å²) in [6, 6.07) is 0. The van der Waals surface area contributed by atoms with Crippen LogP contribution in [-0.2, 0) is 4.79 Å². The second-order valence-corrected chi connectivity index (χ2v) is 1.68. The Hall–Kier alpha value is -1.32. The van der Waals surface area contributed by atoms with Gasteiger partial charge in [0.15, 0.2) is 0 Å². The second kappa shape index (κ2) is 7.78. The Morgan fingerprint density at radius 1 is 1.33 bits per heavy atom. The molecule has 4 nitrogen and oxygen atoms in total. The lowest BCUT2D eigenvalue weighted by atomic mass is 10.2. The molecule has 0 aliphatic heterocycles. The number of allylic oxidation sites excluding steroid dienone is 1. The van der Waals surface area contributed by atoms with E-state index in [0.717, 1.165) is 0 Å². The fourth-order valence-corrected chi connectivity index (χ4v) is 0.537. The lowest BCUT2D eigenvalue weighted by Crippen LogP contribution is -2.26. The van der Waals surface area contributed by atoms with Gasteiger partial charge in [0.1, 0.15) is 5.84 Å². The summed E-state index contributed by atoms with van der Waals surface area (Å²) in [6.45, 7) is 5.68. The molecule has 70 valence electrons. The summed E-state index contributed by atoms with van der Waals surface area (Å²) in [5, 5.41) is 0. The van der Waals surface area contributed by atoms with Gasteiger partial charge < -0.3 is 11.5 Å². The Morgan fingerprint density at radius 2 is 1.75 bits per heavy atom. The molecule has 0 spiro atoms. The van der Waals surface area contributed by atoms with E-state index < -0.39 is 5.91 Å². The Balaban J connectivity index is 0. The summed E-state index contributed by atoms with van der Waals surface area (Å²) in [5.74, 6) is -0.374. The molecule has 4 N–H and O–H groups in total. The van der Waals surface area contributed by atoms with Crippen molar-refractivity contribution in [1.82, 2.24) is 0 Å². The molecule has 0 aliphatic carbocycles. The molecule has 0 saturated carbocycles. The molecule has 4 heteroatoms. The molecule has 0 aromatic carbocycles. The molecule has 0 rings (SSSR count). The highest BCUT2D eigenvalue weighted by Crippen LogP contribution is 1.91. The van der Waals surface area contributed by atoms with Gasteiger partial charge in [-0.25, -0.2) is 0 Å². The van der Waals surface area contributed by atoms with Crippen LogP contribution in [0.5, 0.6) is 0 Å². The van der Waals surface area contributed by atoms with E-state index in [-0.39, 0.29) is 11.4 Å². The van der Waals surface area contributed by atoms with Gasteiger partial charge >= 0.3 is 0 Å². The normalized spacial score (nSPS) is 11.7. The maximum absolute atomic E-state index is 10.5. The van der Waals surface area contributed by atoms with Gasteiger partial charge in [0.05, 0.1) is 5.57 Å². The highest BCUT2D eigenvalue weighted by Gasteiger charge is 2.05. The fourth-order valence-electron chi connectivity index (χ4n) is 0.537. The predicted octanol–water partition coefficient (Wildman–Crippen LogP) is 0.431. The lowest BCUT2D eigenvalue weighted by Gasteiger charge is -1.98. The van der Waals surface area contributed by atoms with E-state index in [1.54, 1.807) is 6.92 Å². The zero-order chi connectivity index (χ0) is 10.1. The molecular formula is C8H17N3O. The molecular weight excluding hydrogens is 154 g/mol. The highest BCUT2D eigenvalue weighted by atomic mass is 16.1. The van der Waals surface area contributed by atoms with Crippen LogP contribution >= 0.6 is 0 Å². The Bertz CT molecular complexity index is 194. The van der Waals surface area contributed by atoms with Crippen molar-refractivity contribution >= 4 is 11.7 Å². The van der Waals surface area contributed by atoms with Crippen molar-refractivity contribution in [3.05, 3.63) is 11.6 Å². The van der Waals surface area contributed by atoms with Crippen LogP contribution in [0.15, 0.2) is 16.6 Å². The highest BCUT2D eigenvalue weighted by molar-refractivity contribution is 6.19. The molecule has 0 unspecified atom stereocenters. The third-order valence-electron chi connectivity index (χ3n) is 1.07. The van der Waals surface area contributed by atoms with Crippen LogP contribution in [0.2, 0.25) is 0 Å². The van der Waals surface area contributed by atoms with E-state index in [0.29, 0.717) is 0 Å². The molecule has 0 aromatic heterocycles. The fraction of sp³-hybridized carbons (Fsp3) is 0.500. The minimum atomic E-state index is -0.550. The number of amidine groups is 1. The van der Waals surface area contributed by atoms with Gasteiger partial charge in [0, 0.05) is 7.05 Å². The number of hydrogen-bond acceptors (Lipinski definition) is 2. The van der Waals surface area contributed by atoms with Crippen LogP contribution in [0.3, 0.4) is 0 Å². The zero-order valence-electron chi connectivity index (χ0n) is 8.09. The van der Waals surface area contributed by atoms with Crippen molar-refractivity contribution in [3.8, 4) is 0 Å². The minimum absolute atomic E-state index is 0.176. The van der Waals surface area contributed by atoms with Crippen molar-refractivity contribution < 1.29 is 4.79 Å². The standard InChI is InChI=1S/C6H11N3O.C2H6/c1-3-4(6(8)10)5(7)9-2;1-2/h3H,1-2H3,(H2,7,9)(H2,8,10);1-2H3/b4-3+;. The topological polar surface area (TPSA) is 81.5 Å². The smallest absolute Gasteiger partial charge is 0.252 e. The SMILES string of the molecule is C/C=C(/C(N)=O)C(N)=NC.CC. The number of carbonyl (C=O) groups is 1. The van der Waals surface area contributed by atoms with Crippen molar-refractivity contribution in [2.24, 2.45) is 16.5 Å². The summed E-state index contributed by atoms with van der Waals surface area (Å²) >= 11 is 0. The summed E-state index contributed by atoms with van der Waals surface area (Å²) in [4.78, 5) is 14.1. The summed E-state index contributed by atoms with van der Waals surface area (Å²) in [6.07, 6.45) is 1.53. The van der Waals surface area contributed by atoms with Crippen LogP contribution in [0.25, 0.3) is 0 Å². The molecule has 0 atom stereocenters. The first-order chi connectivity index (χ1) is 5.63. The average molecular weight is 171 g/mol. The van der Waals surface area contributed by atoms with Crippen LogP contribution < -0.4 is 11.5 Å². The maximum Gasteiger partial charge on any atom is 0.252 e. The van der Waals surface area contributed by atoms with E-state index in [2.05, 4.69) is 4.99 Å². The van der Waals surface area contributed by atoms with E-state index in [1.165, 1.54) is 13.1 Å². The molecule has 0 heterocycles. The number of hydrogen-bond donors (Lipinski definition) is 2. The van der Waals surface area contributed by atoms with Gasteiger partial charge in [-0.15, -0.1) is 0 Å². The number of primary amides is 1. The van der Waals surface area contributed by atoms with E-state index in [9.17, 15) is 4.79 Å². The Morgan fingerprint density at radius 3 is 1.83 bits per heavy atom. The summed E-state index contributed by atoms with van der Waals surface area (Å²) in [5.41, 5.74) is 10.5. The molecule has 0 bridgehead atoms. The van der Waals surface area contributed by atoms with E-state index in [4.69, 9.17) is 11.5 Å². The van der Waals surface area contributed by atoms with Crippen molar-refractivity contribution in [2.75, 3.05) is 7.05 Å². The van der Waals surface area contributed by atoms with Gasteiger partial charge in [0.25, 0.3) is 5.91 Å². The van der Waals surface area contributed by atoms with Crippen LogP contribution in [0.1, 0.15) is 20.8 Å². The van der Waals surface area contributed by atoms with Gasteiger partial charge in [-0.1, -0.05) is 19.9 Å². The summed E-state index contributed by atoms with van der Waals surface area (Å²) in [7, 11) is 1.50. The lowest BCUT2D eigenvalue weighted by molar-refractivity contribution is -0.114. The number of aliphatic imine (C=N–C) groups is 1. The first-order valence-corrected chi connectivity index (χ1v) is 3.82. The number of rotatable bonds is 2. The van der Waals surface area contributed by atoms with E-state index in [1.807, 2.05) is 13.8 Å². The zero-order valence-corrected chi connectivity index (χ0v) is 8.09. The van der Waals surface area contributed by atoms with Gasteiger partial charge in [0.2, 0.25) is 0 Å². The second-order valence-electron chi connectivity index (χ2n) is 1.68. The van der Waals surface area contributed by atoms with Crippen molar-refractivity contribution in [1.29, 1.82) is 0 Å². The van der Waals surface area contributed by atoms with Crippen molar-refractivity contribution in [3.63, 3.8) is 0 Å². The minimum Gasteiger partial charge on any atom is -0.383 e. The number of amides is 1. The van der Waals surface area contributed by atoms with Gasteiger partial charge in [-0.2, -0.15) is 0 Å². The average Bonchev–Trinajstić information content (AvgIpc) is 2.08. The number of nitrogens with two attached hydrogens (primary N) is 2. The molecule has 0 aliphatic rings. The molecule has 0 fully saturated rings. The van der Waals surface area contributed by atoms with E-state index >= 15 is 0 Å². The Labute approximate surface area is 73.3 Å². The largest absolute Gasteiger partial charge is 0.383 e. The van der Waals surface area contributed by atoms with Gasteiger partial charge in [-0.05, 0) is 6.92 Å². The third-order valence-corrected chi connectivity index (χ3v) is 1.07. The van der Waals surface area contributed by atoms with Crippen LogP contribution in [-0.4, -0.2) is 18.8 Å². The van der Waals surface area contributed by atoms with Crippen LogP contribution in [0.4, 0.5) is 0 Å². The Kier molecular flexibility index (Phi) is 8.62. The monoisotopic (exact) mass is 171 g/mol. The molecule has 12 heavy (non-hydrogen) atoms. The maximum atomic E-state index is 10.5. The molecule has 0 radical (unpaired) electrons. The first kappa shape index (κ1) is 13.3.